The van der Waals surface area contributed by atoms with Gasteiger partial charge in [0.2, 0.25) is 0 Å². The molecule has 6 heteroatoms. The highest BCUT2D eigenvalue weighted by atomic mass is 32.2. The number of aromatic nitrogens is 1. The minimum absolute atomic E-state index is 0.147. The molecule has 142 valence electrons. The zero-order chi connectivity index (χ0) is 19.7. The van der Waals surface area contributed by atoms with Crippen LogP contribution >= 0.6 is 23.1 Å². The van der Waals surface area contributed by atoms with Gasteiger partial charge in [-0.3, -0.25) is 4.79 Å². The number of aryl methyl sites for hydroxylation is 2. The highest BCUT2D eigenvalue weighted by Crippen LogP contribution is 2.34. The third kappa shape index (κ3) is 3.70. The molecule has 0 unspecified atom stereocenters. The summed E-state index contributed by atoms with van der Waals surface area (Å²) < 4.78 is 6.99. The third-order valence-corrected chi connectivity index (χ3v) is 6.72. The number of hydrogen-bond acceptors (Lipinski definition) is 5. The van der Waals surface area contributed by atoms with Crippen molar-refractivity contribution < 1.29 is 9.21 Å². The van der Waals surface area contributed by atoms with Gasteiger partial charge in [0.05, 0.1) is 0 Å². The summed E-state index contributed by atoms with van der Waals surface area (Å²) in [5, 5.41) is 3.01. The number of carbonyl (C=O) groups excluding carboxylic acids is 1. The van der Waals surface area contributed by atoms with Crippen molar-refractivity contribution in [3.8, 4) is 0 Å². The SMILES string of the molecule is Cc1ccc(N(C)C(=O)c2oc3ccccc3c2CSc2nc(C)cs2)cc1. The standard InChI is InChI=1S/C22H20N2O2S2/c1-14-8-10-16(11-9-14)24(3)21(25)20-18(13-28-22-23-15(2)12-27-22)17-6-4-5-7-19(17)26-20/h4-12H,13H2,1-3H3. The quantitative estimate of drug-likeness (QED) is 0.376. The lowest BCUT2D eigenvalue weighted by Gasteiger charge is -2.17. The average Bonchev–Trinajstić information content (AvgIpc) is 3.29. The summed E-state index contributed by atoms with van der Waals surface area (Å²) in [6, 6.07) is 15.7. The Morgan fingerprint density at radius 3 is 2.61 bits per heavy atom. The van der Waals surface area contributed by atoms with Crippen LogP contribution in [0.3, 0.4) is 0 Å². The molecular weight excluding hydrogens is 388 g/mol. The first-order valence-corrected chi connectivity index (χ1v) is 10.8. The van der Waals surface area contributed by atoms with E-state index in [0.29, 0.717) is 11.5 Å². The first-order valence-electron chi connectivity index (χ1n) is 8.93. The van der Waals surface area contributed by atoms with E-state index in [2.05, 4.69) is 4.98 Å². The Morgan fingerprint density at radius 2 is 1.89 bits per heavy atom. The molecule has 4 aromatic rings. The minimum atomic E-state index is -0.147. The number of thiazole rings is 1. The van der Waals surface area contributed by atoms with Crippen LogP contribution in [-0.4, -0.2) is 17.9 Å². The van der Waals surface area contributed by atoms with Crippen LogP contribution in [0.4, 0.5) is 5.69 Å². The smallest absolute Gasteiger partial charge is 0.294 e. The van der Waals surface area contributed by atoms with Gasteiger partial charge in [0.1, 0.15) is 9.92 Å². The van der Waals surface area contributed by atoms with Crippen LogP contribution in [0, 0.1) is 13.8 Å². The number of benzene rings is 2. The van der Waals surface area contributed by atoms with E-state index in [9.17, 15) is 4.79 Å². The molecule has 0 aliphatic carbocycles. The Bertz CT molecular complexity index is 1130. The van der Waals surface area contributed by atoms with Gasteiger partial charge >= 0.3 is 0 Å². The van der Waals surface area contributed by atoms with Crippen molar-refractivity contribution in [2.24, 2.45) is 0 Å². The number of hydrogen-bond donors (Lipinski definition) is 0. The van der Waals surface area contributed by atoms with E-state index >= 15 is 0 Å². The Kier molecular flexibility index (Phi) is 5.24. The van der Waals surface area contributed by atoms with E-state index < -0.39 is 0 Å². The number of carbonyl (C=O) groups is 1. The Labute approximate surface area is 172 Å². The molecule has 0 aliphatic heterocycles. The summed E-state index contributed by atoms with van der Waals surface area (Å²) in [7, 11) is 1.78. The lowest BCUT2D eigenvalue weighted by Crippen LogP contribution is -2.26. The molecule has 0 fully saturated rings. The van der Waals surface area contributed by atoms with E-state index in [1.807, 2.05) is 67.8 Å². The van der Waals surface area contributed by atoms with Crippen LogP contribution < -0.4 is 4.90 Å². The highest BCUT2D eigenvalue weighted by molar-refractivity contribution is 8.00. The zero-order valence-electron chi connectivity index (χ0n) is 15.9. The molecular formula is C22H20N2O2S2. The Morgan fingerprint density at radius 1 is 1.14 bits per heavy atom. The number of thioether (sulfide) groups is 1. The molecule has 0 N–H and O–H groups in total. The van der Waals surface area contributed by atoms with Crippen molar-refractivity contribution in [2.75, 3.05) is 11.9 Å². The zero-order valence-corrected chi connectivity index (χ0v) is 17.6. The molecule has 2 heterocycles. The summed E-state index contributed by atoms with van der Waals surface area (Å²) in [4.78, 5) is 19.4. The lowest BCUT2D eigenvalue weighted by molar-refractivity contribution is 0.0967. The van der Waals surface area contributed by atoms with Gasteiger partial charge in [-0.15, -0.1) is 11.3 Å². The van der Waals surface area contributed by atoms with Crippen molar-refractivity contribution in [1.82, 2.24) is 4.98 Å². The highest BCUT2D eigenvalue weighted by Gasteiger charge is 2.24. The molecule has 4 nitrogen and oxygen atoms in total. The summed E-state index contributed by atoms with van der Waals surface area (Å²) in [5.74, 6) is 0.878. The van der Waals surface area contributed by atoms with E-state index in [-0.39, 0.29) is 5.91 Å². The minimum Gasteiger partial charge on any atom is -0.451 e. The fraction of sp³-hybridized carbons (Fsp3) is 0.182. The van der Waals surface area contributed by atoms with Gasteiger partial charge in [0, 0.05) is 40.5 Å². The predicted octanol–water partition coefficient (Wildman–Crippen LogP) is 6.08. The molecule has 0 bridgehead atoms. The Hall–Kier alpha value is -2.57. The van der Waals surface area contributed by atoms with Crippen LogP contribution in [0.15, 0.2) is 62.7 Å². The number of nitrogens with zero attached hydrogens (tertiary/aromatic N) is 2. The number of rotatable bonds is 5. The van der Waals surface area contributed by atoms with Crippen molar-refractivity contribution in [1.29, 1.82) is 0 Å². The van der Waals surface area contributed by atoms with Gasteiger partial charge in [-0.25, -0.2) is 4.98 Å². The molecule has 0 saturated carbocycles. The number of furan rings is 1. The van der Waals surface area contributed by atoms with Gasteiger partial charge in [0.15, 0.2) is 5.76 Å². The predicted molar refractivity (Wildman–Crippen MR) is 117 cm³/mol. The molecule has 2 aromatic carbocycles. The third-order valence-electron chi connectivity index (χ3n) is 4.56. The van der Waals surface area contributed by atoms with Crippen molar-refractivity contribution in [2.45, 2.75) is 23.9 Å². The van der Waals surface area contributed by atoms with E-state index in [0.717, 1.165) is 37.8 Å². The summed E-state index contributed by atoms with van der Waals surface area (Å²) in [5.41, 5.74) is 4.65. The molecule has 0 saturated heterocycles. The van der Waals surface area contributed by atoms with Crippen LogP contribution in [0.1, 0.15) is 27.4 Å². The summed E-state index contributed by atoms with van der Waals surface area (Å²) in [6.07, 6.45) is 0. The lowest BCUT2D eigenvalue weighted by atomic mass is 10.1. The van der Waals surface area contributed by atoms with E-state index in [4.69, 9.17) is 4.42 Å². The second-order valence-electron chi connectivity index (χ2n) is 6.65. The molecule has 4 rings (SSSR count). The van der Waals surface area contributed by atoms with Crippen molar-refractivity contribution in [3.63, 3.8) is 0 Å². The second-order valence-corrected chi connectivity index (χ2v) is 8.73. The average molecular weight is 409 g/mol. The number of amides is 1. The number of para-hydroxylation sites is 1. The van der Waals surface area contributed by atoms with Crippen LogP contribution in [-0.2, 0) is 5.75 Å². The van der Waals surface area contributed by atoms with Gasteiger partial charge < -0.3 is 9.32 Å². The normalized spacial score (nSPS) is 11.1. The van der Waals surface area contributed by atoms with Crippen LogP contribution in [0.25, 0.3) is 11.0 Å². The van der Waals surface area contributed by atoms with Crippen molar-refractivity contribution >= 4 is 45.7 Å². The molecule has 0 radical (unpaired) electrons. The van der Waals surface area contributed by atoms with Gasteiger partial charge in [-0.05, 0) is 32.0 Å². The van der Waals surface area contributed by atoms with Gasteiger partial charge in [0.25, 0.3) is 5.91 Å². The monoisotopic (exact) mass is 408 g/mol. The Balaban J connectivity index is 1.68. The maximum atomic E-state index is 13.2. The first kappa shape index (κ1) is 18.8. The largest absolute Gasteiger partial charge is 0.451 e. The molecule has 0 aliphatic rings. The van der Waals surface area contributed by atoms with Crippen LogP contribution in [0.2, 0.25) is 0 Å². The van der Waals surface area contributed by atoms with Crippen LogP contribution in [0.5, 0.6) is 0 Å². The molecule has 0 spiro atoms. The molecule has 28 heavy (non-hydrogen) atoms. The first-order chi connectivity index (χ1) is 13.5. The fourth-order valence-corrected chi connectivity index (χ4v) is 4.86. The molecule has 1 amide bonds. The summed E-state index contributed by atoms with van der Waals surface area (Å²) in [6.45, 7) is 4.01. The molecule has 2 aromatic heterocycles. The fourth-order valence-electron chi connectivity index (χ4n) is 2.99. The maximum Gasteiger partial charge on any atom is 0.294 e. The second kappa shape index (κ2) is 7.81. The topological polar surface area (TPSA) is 46.3 Å². The van der Waals surface area contributed by atoms with E-state index in [1.54, 1.807) is 35.0 Å². The number of fused-ring (bicyclic) bond motifs is 1. The maximum absolute atomic E-state index is 13.2. The molecule has 0 atom stereocenters. The van der Waals surface area contributed by atoms with Gasteiger partial charge in [-0.1, -0.05) is 47.7 Å². The van der Waals surface area contributed by atoms with E-state index in [1.165, 1.54) is 0 Å². The van der Waals surface area contributed by atoms with Crippen molar-refractivity contribution in [3.05, 3.63) is 76.5 Å². The number of anilines is 1. The van der Waals surface area contributed by atoms with Gasteiger partial charge in [-0.2, -0.15) is 0 Å². The summed E-state index contributed by atoms with van der Waals surface area (Å²) >= 11 is 3.25.